The first-order valence-corrected chi connectivity index (χ1v) is 5.65. The van der Waals surface area contributed by atoms with Gasteiger partial charge in [-0.05, 0) is 34.0 Å². The van der Waals surface area contributed by atoms with E-state index < -0.39 is 11.6 Å². The fourth-order valence-corrected chi connectivity index (χ4v) is 1.75. The van der Waals surface area contributed by atoms with Crippen LogP contribution in [0.2, 0.25) is 0 Å². The number of nitrogens with one attached hydrogen (secondary N) is 1. The van der Waals surface area contributed by atoms with E-state index >= 15 is 0 Å². The van der Waals surface area contributed by atoms with E-state index in [0.29, 0.717) is 12.1 Å². The molecule has 1 aromatic rings. The van der Waals surface area contributed by atoms with E-state index in [9.17, 15) is 8.78 Å². The zero-order chi connectivity index (χ0) is 13.1. The quantitative estimate of drug-likeness (QED) is 0.853. The molecule has 0 fully saturated rings. The van der Waals surface area contributed by atoms with Gasteiger partial charge in [0.2, 0.25) is 0 Å². The normalized spacial score (nSPS) is 12.2. The first-order valence-electron chi connectivity index (χ1n) is 5.65. The number of benzene rings is 1. The molecule has 0 amide bonds. The average molecular weight is 242 g/mol. The second-order valence-electron chi connectivity index (χ2n) is 5.04. The Morgan fingerprint density at radius 1 is 1.29 bits per heavy atom. The standard InChI is InChI=1S/C13H20F2N2/c1-13(2,16-3)9-17(4)8-10-5-6-11(14)7-12(10)15/h5-7,16H,8-9H2,1-4H3. The van der Waals surface area contributed by atoms with Crippen LogP contribution in [-0.4, -0.2) is 31.1 Å². The summed E-state index contributed by atoms with van der Waals surface area (Å²) >= 11 is 0. The Labute approximate surface area is 102 Å². The Balaban J connectivity index is 2.65. The van der Waals surface area contributed by atoms with Crippen LogP contribution in [0.5, 0.6) is 0 Å². The zero-order valence-electron chi connectivity index (χ0n) is 10.8. The Morgan fingerprint density at radius 3 is 2.47 bits per heavy atom. The molecule has 0 bridgehead atoms. The van der Waals surface area contributed by atoms with Crippen LogP contribution in [0.15, 0.2) is 18.2 Å². The molecule has 2 nitrogen and oxygen atoms in total. The predicted octanol–water partition coefficient (Wildman–Crippen LogP) is 2.39. The van der Waals surface area contributed by atoms with Gasteiger partial charge in [-0.2, -0.15) is 0 Å². The molecule has 0 saturated heterocycles. The second-order valence-corrected chi connectivity index (χ2v) is 5.04. The van der Waals surface area contributed by atoms with Crippen LogP contribution in [-0.2, 0) is 6.54 Å². The van der Waals surface area contributed by atoms with Crippen molar-refractivity contribution in [2.75, 3.05) is 20.6 Å². The molecule has 1 rings (SSSR count). The van der Waals surface area contributed by atoms with Gasteiger partial charge < -0.3 is 10.2 Å². The van der Waals surface area contributed by atoms with E-state index in [-0.39, 0.29) is 5.54 Å². The van der Waals surface area contributed by atoms with Gasteiger partial charge in [-0.1, -0.05) is 6.07 Å². The lowest BCUT2D eigenvalue weighted by Gasteiger charge is -2.30. The molecule has 4 heteroatoms. The third-order valence-corrected chi connectivity index (χ3v) is 2.80. The molecule has 0 aliphatic rings. The molecule has 0 heterocycles. The van der Waals surface area contributed by atoms with Crippen molar-refractivity contribution < 1.29 is 8.78 Å². The van der Waals surface area contributed by atoms with Crippen molar-refractivity contribution in [2.45, 2.75) is 25.9 Å². The molecule has 0 spiro atoms. The van der Waals surface area contributed by atoms with Crippen molar-refractivity contribution in [1.29, 1.82) is 0 Å². The van der Waals surface area contributed by atoms with Crippen LogP contribution < -0.4 is 5.32 Å². The highest BCUT2D eigenvalue weighted by atomic mass is 19.1. The van der Waals surface area contributed by atoms with Crippen LogP contribution in [0.4, 0.5) is 8.78 Å². The van der Waals surface area contributed by atoms with Gasteiger partial charge in [0.1, 0.15) is 11.6 Å². The molecule has 0 atom stereocenters. The first-order chi connectivity index (χ1) is 7.84. The maximum Gasteiger partial charge on any atom is 0.130 e. The fourth-order valence-electron chi connectivity index (χ4n) is 1.75. The van der Waals surface area contributed by atoms with Gasteiger partial charge in [-0.15, -0.1) is 0 Å². The average Bonchev–Trinajstić information content (AvgIpc) is 2.21. The summed E-state index contributed by atoms with van der Waals surface area (Å²) in [5.74, 6) is -1.02. The summed E-state index contributed by atoms with van der Waals surface area (Å²) in [4.78, 5) is 2.01. The van der Waals surface area contributed by atoms with E-state index in [2.05, 4.69) is 19.2 Å². The molecular weight excluding hydrogens is 222 g/mol. The molecule has 0 aliphatic heterocycles. The third-order valence-electron chi connectivity index (χ3n) is 2.80. The summed E-state index contributed by atoms with van der Waals surface area (Å²) < 4.78 is 26.2. The Morgan fingerprint density at radius 2 is 1.94 bits per heavy atom. The number of likely N-dealkylation sites (N-methyl/N-ethyl adjacent to an activating group) is 2. The minimum atomic E-state index is -0.538. The largest absolute Gasteiger partial charge is 0.314 e. The van der Waals surface area contributed by atoms with Gasteiger partial charge in [0, 0.05) is 30.3 Å². The number of hydrogen-bond donors (Lipinski definition) is 1. The number of halogens is 2. The molecule has 0 saturated carbocycles. The summed E-state index contributed by atoms with van der Waals surface area (Å²) in [7, 11) is 3.81. The maximum absolute atomic E-state index is 13.4. The number of rotatable bonds is 5. The Hall–Kier alpha value is -1.00. The van der Waals surface area contributed by atoms with Crippen LogP contribution in [0.25, 0.3) is 0 Å². The third kappa shape index (κ3) is 4.40. The lowest BCUT2D eigenvalue weighted by atomic mass is 10.1. The highest BCUT2D eigenvalue weighted by molar-refractivity contribution is 5.18. The SMILES string of the molecule is CNC(C)(C)CN(C)Cc1ccc(F)cc1F. The molecular formula is C13H20F2N2. The molecule has 0 aromatic heterocycles. The first kappa shape index (κ1) is 14.1. The maximum atomic E-state index is 13.4. The van der Waals surface area contributed by atoms with Crippen molar-refractivity contribution in [2.24, 2.45) is 0 Å². The summed E-state index contributed by atoms with van der Waals surface area (Å²) in [5.41, 5.74) is 0.478. The second kappa shape index (κ2) is 5.56. The monoisotopic (exact) mass is 242 g/mol. The van der Waals surface area contributed by atoms with Gasteiger partial charge in [-0.25, -0.2) is 8.78 Å². The summed E-state index contributed by atoms with van der Waals surface area (Å²) in [6.45, 7) is 5.40. The van der Waals surface area contributed by atoms with E-state index in [1.807, 2.05) is 19.0 Å². The molecule has 0 radical (unpaired) electrons. The minimum absolute atomic E-state index is 0.0365. The van der Waals surface area contributed by atoms with Crippen molar-refractivity contribution in [3.8, 4) is 0 Å². The minimum Gasteiger partial charge on any atom is -0.314 e. The van der Waals surface area contributed by atoms with Crippen LogP contribution in [0, 0.1) is 11.6 Å². The van der Waals surface area contributed by atoms with Crippen LogP contribution in [0.1, 0.15) is 19.4 Å². The Kier molecular flexibility index (Phi) is 4.60. The van der Waals surface area contributed by atoms with Crippen molar-refractivity contribution in [1.82, 2.24) is 10.2 Å². The zero-order valence-corrected chi connectivity index (χ0v) is 10.8. The number of hydrogen-bond acceptors (Lipinski definition) is 2. The van der Waals surface area contributed by atoms with Gasteiger partial charge in [0.15, 0.2) is 0 Å². The summed E-state index contributed by atoms with van der Waals surface area (Å²) in [5, 5.41) is 3.19. The Bertz CT molecular complexity index is 378. The molecule has 17 heavy (non-hydrogen) atoms. The van der Waals surface area contributed by atoms with Gasteiger partial charge in [-0.3, -0.25) is 0 Å². The van der Waals surface area contributed by atoms with Crippen molar-refractivity contribution >= 4 is 0 Å². The van der Waals surface area contributed by atoms with E-state index in [0.717, 1.165) is 12.6 Å². The van der Waals surface area contributed by atoms with Gasteiger partial charge in [0.25, 0.3) is 0 Å². The topological polar surface area (TPSA) is 15.3 Å². The predicted molar refractivity (Wildman–Crippen MR) is 65.8 cm³/mol. The van der Waals surface area contributed by atoms with E-state index in [1.54, 1.807) is 0 Å². The summed E-state index contributed by atoms with van der Waals surface area (Å²) in [6, 6.07) is 3.70. The molecule has 0 aliphatic carbocycles. The van der Waals surface area contributed by atoms with Crippen molar-refractivity contribution in [3.05, 3.63) is 35.4 Å². The lowest BCUT2D eigenvalue weighted by molar-refractivity contribution is 0.235. The molecule has 0 unspecified atom stereocenters. The number of nitrogens with zero attached hydrogens (tertiary/aromatic N) is 1. The van der Waals surface area contributed by atoms with Crippen molar-refractivity contribution in [3.63, 3.8) is 0 Å². The van der Waals surface area contributed by atoms with Gasteiger partial charge in [0.05, 0.1) is 0 Å². The van der Waals surface area contributed by atoms with E-state index in [4.69, 9.17) is 0 Å². The molecule has 96 valence electrons. The summed E-state index contributed by atoms with van der Waals surface area (Å²) in [6.07, 6.45) is 0. The smallest absolute Gasteiger partial charge is 0.130 e. The fraction of sp³-hybridized carbons (Fsp3) is 0.538. The molecule has 1 aromatic carbocycles. The highest BCUT2D eigenvalue weighted by Crippen LogP contribution is 2.13. The van der Waals surface area contributed by atoms with Gasteiger partial charge >= 0.3 is 0 Å². The molecule has 1 N–H and O–H groups in total. The van der Waals surface area contributed by atoms with Crippen LogP contribution in [0.3, 0.4) is 0 Å². The highest BCUT2D eigenvalue weighted by Gasteiger charge is 2.18. The lowest BCUT2D eigenvalue weighted by Crippen LogP contribution is -2.46. The van der Waals surface area contributed by atoms with Crippen LogP contribution >= 0.6 is 0 Å². The van der Waals surface area contributed by atoms with E-state index in [1.165, 1.54) is 12.1 Å².